The molecule has 136 valence electrons. The van der Waals surface area contributed by atoms with Gasteiger partial charge in [0, 0.05) is 17.8 Å². The predicted molar refractivity (Wildman–Crippen MR) is 105 cm³/mol. The first-order valence-corrected chi connectivity index (χ1v) is 8.94. The van der Waals surface area contributed by atoms with Crippen LogP contribution in [0, 0.1) is 19.7 Å². The highest BCUT2D eigenvalue weighted by Crippen LogP contribution is 2.40. The third-order valence-electron chi connectivity index (χ3n) is 4.91. The van der Waals surface area contributed by atoms with E-state index < -0.39 is 0 Å². The van der Waals surface area contributed by atoms with E-state index in [9.17, 15) is 9.18 Å². The largest absolute Gasteiger partial charge is 0.378 e. The first kappa shape index (κ1) is 18.2. The van der Waals surface area contributed by atoms with E-state index in [0.29, 0.717) is 6.42 Å². The lowest BCUT2D eigenvalue weighted by Gasteiger charge is -2.19. The van der Waals surface area contributed by atoms with Crippen molar-refractivity contribution in [2.45, 2.75) is 46.1 Å². The van der Waals surface area contributed by atoms with Crippen LogP contribution < -0.4 is 10.6 Å². The molecule has 0 fully saturated rings. The van der Waals surface area contributed by atoms with Crippen LogP contribution in [0.4, 0.5) is 15.8 Å². The van der Waals surface area contributed by atoms with Crippen LogP contribution in [-0.4, -0.2) is 5.91 Å². The van der Waals surface area contributed by atoms with Crippen LogP contribution in [-0.2, 0) is 11.2 Å². The average molecular weight is 352 g/mol. The summed E-state index contributed by atoms with van der Waals surface area (Å²) in [6.07, 6.45) is 2.28. The lowest BCUT2D eigenvalue weighted by Crippen LogP contribution is -2.15. The molecule has 1 atom stereocenters. The van der Waals surface area contributed by atoms with Gasteiger partial charge in [-0.05, 0) is 80.1 Å². The van der Waals surface area contributed by atoms with E-state index in [1.165, 1.54) is 23.3 Å². The van der Waals surface area contributed by atoms with Gasteiger partial charge in [0.2, 0.25) is 5.91 Å². The van der Waals surface area contributed by atoms with Gasteiger partial charge in [-0.1, -0.05) is 18.2 Å². The molecular formula is C22H25FN2O. The normalized spacial score (nSPS) is 15.5. The molecule has 0 bridgehead atoms. The number of fused-ring (bicyclic) bond motifs is 1. The molecule has 2 N–H and O–H groups in total. The Kier molecular flexibility index (Phi) is 5.12. The van der Waals surface area contributed by atoms with Crippen molar-refractivity contribution < 1.29 is 9.18 Å². The molecule has 0 aliphatic heterocycles. The van der Waals surface area contributed by atoms with Crippen molar-refractivity contribution >= 4 is 17.3 Å². The lowest BCUT2D eigenvalue weighted by atomic mass is 9.97. The van der Waals surface area contributed by atoms with Gasteiger partial charge < -0.3 is 10.6 Å². The van der Waals surface area contributed by atoms with Crippen LogP contribution in [0.25, 0.3) is 0 Å². The quantitative estimate of drug-likeness (QED) is 0.703. The van der Waals surface area contributed by atoms with E-state index in [1.807, 2.05) is 13.8 Å². The van der Waals surface area contributed by atoms with Crippen LogP contribution in [0.2, 0.25) is 0 Å². The maximum atomic E-state index is 13.1. The molecule has 0 saturated carbocycles. The predicted octanol–water partition coefficient (Wildman–Crippen LogP) is 5.45. The summed E-state index contributed by atoms with van der Waals surface area (Å²) in [6, 6.07) is 8.82. The fraction of sp³-hybridized carbons (Fsp3) is 0.318. The second kappa shape index (κ2) is 7.32. The Balaban J connectivity index is 1.84. The Hall–Kier alpha value is -2.62. The molecule has 0 saturated heterocycles. The molecule has 1 aliphatic carbocycles. The molecule has 1 unspecified atom stereocenters. The Morgan fingerprint density at radius 2 is 1.96 bits per heavy atom. The van der Waals surface area contributed by atoms with E-state index in [4.69, 9.17) is 0 Å². The number of aryl methyl sites for hydroxylation is 1. The summed E-state index contributed by atoms with van der Waals surface area (Å²) in [5, 5.41) is 6.55. The van der Waals surface area contributed by atoms with E-state index >= 15 is 0 Å². The van der Waals surface area contributed by atoms with Crippen molar-refractivity contribution in [3.8, 4) is 0 Å². The number of rotatable bonds is 5. The number of carbonyl (C=O) groups is 1. The van der Waals surface area contributed by atoms with Gasteiger partial charge in [-0.15, -0.1) is 0 Å². The second-order valence-electron chi connectivity index (χ2n) is 7.19. The van der Waals surface area contributed by atoms with E-state index in [1.54, 1.807) is 12.1 Å². The SMILES string of the molecule is C=C(C)CC(=O)Nc1c(C)cc2c(c1C)CCC2Nc1ccc(F)cc1. The molecule has 0 heterocycles. The van der Waals surface area contributed by atoms with Crippen molar-refractivity contribution in [2.75, 3.05) is 10.6 Å². The third kappa shape index (κ3) is 3.79. The number of nitrogens with one attached hydrogen (secondary N) is 2. The lowest BCUT2D eigenvalue weighted by molar-refractivity contribution is -0.115. The van der Waals surface area contributed by atoms with Crippen LogP contribution in [0.3, 0.4) is 0 Å². The Morgan fingerprint density at radius 1 is 1.27 bits per heavy atom. The van der Waals surface area contributed by atoms with Crippen molar-refractivity contribution in [1.29, 1.82) is 0 Å². The van der Waals surface area contributed by atoms with Gasteiger partial charge >= 0.3 is 0 Å². The summed E-state index contributed by atoms with van der Waals surface area (Å²) >= 11 is 0. The van der Waals surface area contributed by atoms with Gasteiger partial charge in [0.15, 0.2) is 0 Å². The number of anilines is 2. The van der Waals surface area contributed by atoms with Crippen LogP contribution in [0.5, 0.6) is 0 Å². The van der Waals surface area contributed by atoms with E-state index in [-0.39, 0.29) is 17.8 Å². The zero-order chi connectivity index (χ0) is 18.8. The smallest absolute Gasteiger partial charge is 0.228 e. The van der Waals surface area contributed by atoms with Crippen molar-refractivity contribution in [3.05, 3.63) is 70.6 Å². The molecule has 2 aromatic carbocycles. The second-order valence-corrected chi connectivity index (χ2v) is 7.19. The molecular weight excluding hydrogens is 327 g/mol. The van der Waals surface area contributed by atoms with Gasteiger partial charge in [-0.3, -0.25) is 4.79 Å². The Bertz CT molecular complexity index is 855. The molecule has 3 rings (SSSR count). The highest BCUT2D eigenvalue weighted by molar-refractivity contribution is 5.94. The number of benzene rings is 2. The number of halogens is 1. The molecule has 0 radical (unpaired) electrons. The molecule has 0 spiro atoms. The summed E-state index contributed by atoms with van der Waals surface area (Å²) in [6.45, 7) is 9.75. The summed E-state index contributed by atoms with van der Waals surface area (Å²) in [7, 11) is 0. The Labute approximate surface area is 154 Å². The first-order chi connectivity index (χ1) is 12.3. The van der Waals surface area contributed by atoms with Gasteiger partial charge in [0.05, 0.1) is 6.04 Å². The standard InChI is InChI=1S/C22H25FN2O/c1-13(2)11-21(26)25-22-14(3)12-19-18(15(22)4)9-10-20(19)24-17-7-5-16(23)6-8-17/h5-8,12,20,24H,1,9-11H2,2-4H3,(H,25,26). The number of amides is 1. The minimum Gasteiger partial charge on any atom is -0.378 e. The van der Waals surface area contributed by atoms with E-state index in [2.05, 4.69) is 30.2 Å². The first-order valence-electron chi connectivity index (χ1n) is 8.94. The third-order valence-corrected chi connectivity index (χ3v) is 4.91. The summed E-state index contributed by atoms with van der Waals surface area (Å²) in [5.74, 6) is -0.258. The summed E-state index contributed by atoms with van der Waals surface area (Å²) in [5.41, 5.74) is 7.43. The molecule has 26 heavy (non-hydrogen) atoms. The maximum Gasteiger partial charge on any atom is 0.228 e. The van der Waals surface area contributed by atoms with Crippen molar-refractivity contribution in [2.24, 2.45) is 0 Å². The highest BCUT2D eigenvalue weighted by Gasteiger charge is 2.26. The molecule has 1 amide bonds. The minimum absolute atomic E-state index is 0.0253. The highest BCUT2D eigenvalue weighted by atomic mass is 19.1. The van der Waals surface area contributed by atoms with E-state index in [0.717, 1.165) is 40.9 Å². The van der Waals surface area contributed by atoms with Crippen molar-refractivity contribution in [1.82, 2.24) is 0 Å². The van der Waals surface area contributed by atoms with Crippen LogP contribution >= 0.6 is 0 Å². The van der Waals surface area contributed by atoms with Crippen molar-refractivity contribution in [3.63, 3.8) is 0 Å². The number of hydrogen-bond donors (Lipinski definition) is 2. The molecule has 0 aromatic heterocycles. The molecule has 4 heteroatoms. The molecule has 1 aliphatic rings. The summed E-state index contributed by atoms with van der Waals surface area (Å²) < 4.78 is 13.1. The van der Waals surface area contributed by atoms with Gasteiger partial charge in [-0.25, -0.2) is 4.39 Å². The van der Waals surface area contributed by atoms with Gasteiger partial charge in [-0.2, -0.15) is 0 Å². The fourth-order valence-electron chi connectivity index (χ4n) is 3.69. The zero-order valence-electron chi connectivity index (χ0n) is 15.6. The molecule has 3 nitrogen and oxygen atoms in total. The zero-order valence-corrected chi connectivity index (χ0v) is 15.6. The number of hydrogen-bond acceptors (Lipinski definition) is 2. The van der Waals surface area contributed by atoms with Gasteiger partial charge in [0.25, 0.3) is 0 Å². The average Bonchev–Trinajstić information content (AvgIpc) is 2.96. The number of carbonyl (C=O) groups excluding carboxylic acids is 1. The maximum absolute atomic E-state index is 13.1. The monoisotopic (exact) mass is 352 g/mol. The van der Waals surface area contributed by atoms with Gasteiger partial charge in [0.1, 0.15) is 5.82 Å². The topological polar surface area (TPSA) is 41.1 Å². The minimum atomic E-state index is -0.232. The molecule has 2 aromatic rings. The fourth-order valence-corrected chi connectivity index (χ4v) is 3.69. The van der Waals surface area contributed by atoms with Crippen LogP contribution in [0.15, 0.2) is 42.5 Å². The Morgan fingerprint density at radius 3 is 2.62 bits per heavy atom. The summed E-state index contributed by atoms with van der Waals surface area (Å²) in [4.78, 5) is 12.1. The van der Waals surface area contributed by atoms with Crippen LogP contribution in [0.1, 0.15) is 48.1 Å².